The molecule has 7 rings (SSSR count). The SMILES string of the molecule is COC1(C)CN(Cc2cnc(C(=O)Nc3cccc(-c4cccc(NC(=O)c5cc(C6CC6)c(CN[C@H](CO)C(=O)O)cn5)c4C)c3C)cc2C2CC2)C1. The third kappa shape index (κ3) is 8.07. The number of carbonyl (C=O) groups is 3. The van der Waals surface area contributed by atoms with E-state index in [4.69, 9.17) is 4.74 Å². The second kappa shape index (κ2) is 15.4. The zero-order valence-corrected chi connectivity index (χ0v) is 31.2. The van der Waals surface area contributed by atoms with Crippen LogP contribution in [0.15, 0.2) is 60.9 Å². The number of anilines is 2. The van der Waals surface area contributed by atoms with Gasteiger partial charge in [-0.25, -0.2) is 0 Å². The first-order valence-corrected chi connectivity index (χ1v) is 18.6. The van der Waals surface area contributed by atoms with Crippen LogP contribution in [0.25, 0.3) is 11.1 Å². The van der Waals surface area contributed by atoms with E-state index in [9.17, 15) is 24.6 Å². The molecule has 0 radical (unpaired) electrons. The predicted octanol–water partition coefficient (Wildman–Crippen LogP) is 5.78. The molecule has 2 aliphatic carbocycles. The Balaban J connectivity index is 1.05. The van der Waals surface area contributed by atoms with Crippen LogP contribution in [0.5, 0.6) is 0 Å². The Morgan fingerprint density at radius 2 is 1.35 bits per heavy atom. The number of aliphatic hydroxyl groups excluding tert-OH is 1. The zero-order valence-electron chi connectivity index (χ0n) is 31.2. The van der Waals surface area contributed by atoms with Gasteiger partial charge in [0.15, 0.2) is 0 Å². The highest BCUT2D eigenvalue weighted by Crippen LogP contribution is 2.43. The first-order chi connectivity index (χ1) is 26.0. The summed E-state index contributed by atoms with van der Waals surface area (Å²) in [6.45, 7) is 8.28. The maximum Gasteiger partial charge on any atom is 0.323 e. The number of aromatic nitrogens is 2. The first kappa shape index (κ1) is 37.3. The number of amides is 2. The van der Waals surface area contributed by atoms with Crippen LogP contribution < -0.4 is 16.0 Å². The van der Waals surface area contributed by atoms with Crippen molar-refractivity contribution in [1.29, 1.82) is 0 Å². The average Bonchev–Trinajstić information content (AvgIpc) is 4.08. The fraction of sp³-hybridized carbons (Fsp3) is 0.405. The summed E-state index contributed by atoms with van der Waals surface area (Å²) in [6.07, 6.45) is 7.69. The van der Waals surface area contributed by atoms with Gasteiger partial charge in [-0.3, -0.25) is 34.6 Å². The molecular weight excluding hydrogens is 684 g/mol. The number of aliphatic hydroxyl groups is 1. The Kier molecular flexibility index (Phi) is 10.6. The molecule has 4 aromatic rings. The summed E-state index contributed by atoms with van der Waals surface area (Å²) >= 11 is 0. The van der Waals surface area contributed by atoms with Gasteiger partial charge < -0.3 is 25.6 Å². The van der Waals surface area contributed by atoms with E-state index in [1.807, 2.05) is 62.5 Å². The van der Waals surface area contributed by atoms with Crippen molar-refractivity contribution < 1.29 is 29.3 Å². The van der Waals surface area contributed by atoms with Crippen molar-refractivity contribution in [3.8, 4) is 11.1 Å². The van der Waals surface area contributed by atoms with E-state index in [0.717, 1.165) is 78.7 Å². The van der Waals surface area contributed by atoms with E-state index < -0.39 is 18.6 Å². The van der Waals surface area contributed by atoms with Gasteiger partial charge in [-0.2, -0.15) is 0 Å². The lowest BCUT2D eigenvalue weighted by Crippen LogP contribution is -2.60. The van der Waals surface area contributed by atoms with Crippen LogP contribution >= 0.6 is 0 Å². The molecule has 1 aliphatic heterocycles. The van der Waals surface area contributed by atoms with Gasteiger partial charge in [0, 0.05) is 57.1 Å². The Morgan fingerprint density at radius 1 is 0.852 bits per heavy atom. The van der Waals surface area contributed by atoms with Crippen LogP contribution in [0.1, 0.15) is 98.8 Å². The molecule has 5 N–H and O–H groups in total. The number of rotatable bonds is 15. The summed E-state index contributed by atoms with van der Waals surface area (Å²) < 4.78 is 5.62. The number of nitrogens with zero attached hydrogens (tertiary/aromatic N) is 3. The van der Waals surface area contributed by atoms with Gasteiger partial charge in [-0.15, -0.1) is 0 Å². The van der Waals surface area contributed by atoms with Crippen LogP contribution in [0.2, 0.25) is 0 Å². The van der Waals surface area contributed by atoms with E-state index in [0.29, 0.717) is 23.0 Å². The van der Waals surface area contributed by atoms with Crippen LogP contribution in [-0.4, -0.2) is 81.3 Å². The quantitative estimate of drug-likeness (QED) is 0.101. The molecule has 0 bridgehead atoms. The highest BCUT2D eigenvalue weighted by molar-refractivity contribution is 6.05. The highest BCUT2D eigenvalue weighted by Gasteiger charge is 2.39. The van der Waals surface area contributed by atoms with Gasteiger partial charge in [-0.1, -0.05) is 24.3 Å². The summed E-state index contributed by atoms with van der Waals surface area (Å²) in [5.41, 5.74) is 9.64. The molecule has 2 amide bonds. The Morgan fingerprint density at radius 3 is 1.81 bits per heavy atom. The summed E-state index contributed by atoms with van der Waals surface area (Å²) in [6, 6.07) is 14.2. The Bertz CT molecular complexity index is 2090. The molecular formula is C42H48N6O6. The van der Waals surface area contributed by atoms with Crippen molar-refractivity contribution >= 4 is 29.2 Å². The normalized spacial score (nSPS) is 17.1. The lowest BCUT2D eigenvalue weighted by molar-refractivity contribution is -0.140. The summed E-state index contributed by atoms with van der Waals surface area (Å²) in [5.74, 6) is -0.987. The smallest absolute Gasteiger partial charge is 0.323 e. The number of carbonyl (C=O) groups excluding carboxylic acids is 2. The maximum atomic E-state index is 13.6. The molecule has 2 saturated carbocycles. The summed E-state index contributed by atoms with van der Waals surface area (Å²) in [7, 11) is 1.76. The van der Waals surface area contributed by atoms with E-state index >= 15 is 0 Å². The average molecular weight is 733 g/mol. The van der Waals surface area contributed by atoms with Crippen molar-refractivity contribution in [3.05, 3.63) is 106 Å². The van der Waals surface area contributed by atoms with Gasteiger partial charge in [0.25, 0.3) is 11.8 Å². The Labute approximate surface area is 315 Å². The maximum absolute atomic E-state index is 13.6. The van der Waals surface area contributed by atoms with Crippen molar-refractivity contribution in [2.24, 2.45) is 0 Å². The van der Waals surface area contributed by atoms with Gasteiger partial charge in [0.1, 0.15) is 17.4 Å². The van der Waals surface area contributed by atoms with Gasteiger partial charge in [0.05, 0.1) is 12.2 Å². The van der Waals surface area contributed by atoms with E-state index in [1.165, 1.54) is 11.1 Å². The molecule has 12 nitrogen and oxygen atoms in total. The second-order valence-corrected chi connectivity index (χ2v) is 15.2. The monoisotopic (exact) mass is 732 g/mol. The number of likely N-dealkylation sites (tertiary alicyclic amines) is 1. The second-order valence-electron chi connectivity index (χ2n) is 15.2. The van der Waals surface area contributed by atoms with Crippen LogP contribution in [-0.2, 0) is 22.6 Å². The number of nitrogens with one attached hydrogen (secondary N) is 3. The molecule has 2 aromatic heterocycles. The van der Waals surface area contributed by atoms with Crippen molar-refractivity contribution in [2.75, 3.05) is 37.4 Å². The van der Waals surface area contributed by atoms with Gasteiger partial charge in [0.2, 0.25) is 0 Å². The van der Waals surface area contributed by atoms with E-state index in [2.05, 4.69) is 37.7 Å². The lowest BCUT2D eigenvalue weighted by atomic mass is 9.94. The number of hydrogen-bond acceptors (Lipinski definition) is 9. The van der Waals surface area contributed by atoms with Crippen LogP contribution in [0, 0.1) is 13.8 Å². The van der Waals surface area contributed by atoms with Gasteiger partial charge >= 0.3 is 5.97 Å². The Hall–Kier alpha value is -5.01. The number of benzene rings is 2. The van der Waals surface area contributed by atoms with Gasteiger partial charge in [-0.05, 0) is 127 Å². The zero-order chi connectivity index (χ0) is 38.1. The topological polar surface area (TPSA) is 166 Å². The molecule has 0 spiro atoms. The lowest BCUT2D eigenvalue weighted by Gasteiger charge is -2.47. The standard InChI is InChI=1S/C42H48N6O6/c1-24-30(7-5-9-34(24)46-39(50)36-15-32(26-11-12-26)28(17-43-36)18-45-38(21-49)41(52)53)31-8-6-10-35(25(31)2)47-40(51)37-16-33(27-13-14-27)29(19-44-37)20-48-22-42(3,23-48)54-4/h5-10,15-17,19,26-27,38,45,49H,11-14,18,20-23H2,1-4H3,(H,46,50)(H,47,51)(H,52,53)/t38-/m1/s1. The minimum absolute atomic E-state index is 0.101. The van der Waals surface area contributed by atoms with E-state index in [-0.39, 0.29) is 35.6 Å². The molecule has 3 fully saturated rings. The highest BCUT2D eigenvalue weighted by atomic mass is 16.5. The van der Waals surface area contributed by atoms with Crippen molar-refractivity contribution in [2.45, 2.75) is 83.0 Å². The van der Waals surface area contributed by atoms with E-state index in [1.54, 1.807) is 19.4 Å². The number of methoxy groups -OCH3 is 1. The minimum Gasteiger partial charge on any atom is -0.480 e. The molecule has 1 atom stereocenters. The fourth-order valence-corrected chi connectivity index (χ4v) is 7.42. The largest absolute Gasteiger partial charge is 0.480 e. The fourth-order valence-electron chi connectivity index (χ4n) is 7.42. The molecule has 0 unspecified atom stereocenters. The molecule has 282 valence electrons. The predicted molar refractivity (Wildman–Crippen MR) is 206 cm³/mol. The van der Waals surface area contributed by atoms with Crippen LogP contribution in [0.3, 0.4) is 0 Å². The molecule has 54 heavy (non-hydrogen) atoms. The number of carboxylic acids is 1. The molecule has 1 saturated heterocycles. The summed E-state index contributed by atoms with van der Waals surface area (Å²) in [5, 5.41) is 27.7. The number of aliphatic carboxylic acids is 1. The summed E-state index contributed by atoms with van der Waals surface area (Å²) in [4.78, 5) is 49.9. The third-order valence-electron chi connectivity index (χ3n) is 11.0. The molecule has 3 aliphatic rings. The number of ether oxygens (including phenoxy) is 1. The number of pyridine rings is 2. The molecule has 3 heterocycles. The van der Waals surface area contributed by atoms with Crippen molar-refractivity contribution in [3.63, 3.8) is 0 Å². The first-order valence-electron chi connectivity index (χ1n) is 18.6. The molecule has 12 heteroatoms. The van der Waals surface area contributed by atoms with Crippen molar-refractivity contribution in [1.82, 2.24) is 20.2 Å². The molecule has 2 aromatic carbocycles. The third-order valence-corrected chi connectivity index (χ3v) is 11.0. The number of hydrogen-bond donors (Lipinski definition) is 5. The minimum atomic E-state index is -1.13. The van der Waals surface area contributed by atoms with Crippen LogP contribution in [0.4, 0.5) is 11.4 Å². The number of carboxylic acid groups (broad SMARTS) is 1.